The number of aromatic hydroxyl groups is 1. The normalized spacial score (nSPS) is 22.8. The van der Waals surface area contributed by atoms with Gasteiger partial charge >= 0.3 is 0 Å². The number of fused-ring (bicyclic) bond motifs is 2. The lowest BCUT2D eigenvalue weighted by Gasteiger charge is -2.47. The fourth-order valence-corrected chi connectivity index (χ4v) is 4.72. The number of hydrogen-bond acceptors (Lipinski definition) is 7. The van der Waals surface area contributed by atoms with Crippen molar-refractivity contribution in [1.29, 1.82) is 0 Å². The molecule has 31 heavy (non-hydrogen) atoms. The third kappa shape index (κ3) is 4.76. The maximum Gasteiger partial charge on any atom is 0.242 e. The van der Waals surface area contributed by atoms with Gasteiger partial charge in [0, 0.05) is 35.4 Å². The van der Waals surface area contributed by atoms with Gasteiger partial charge in [0.2, 0.25) is 5.95 Å². The Bertz CT molecular complexity index is 970. The summed E-state index contributed by atoms with van der Waals surface area (Å²) in [5, 5.41) is 29.2. The minimum absolute atomic E-state index is 0. The molecule has 2 aliphatic rings. The molecule has 0 saturated carbocycles. The van der Waals surface area contributed by atoms with Crippen molar-refractivity contribution in [2.45, 2.75) is 50.2 Å². The van der Waals surface area contributed by atoms with E-state index in [1.165, 1.54) is 19.3 Å². The van der Waals surface area contributed by atoms with Crippen LogP contribution in [0.5, 0.6) is 5.75 Å². The van der Waals surface area contributed by atoms with Crippen molar-refractivity contribution in [1.82, 2.24) is 30.3 Å². The molecule has 0 spiro atoms. The standard InChI is InChI=1S/C21H25N7O.2ClH/c1-28-16-3-2-4-17(28)9-15(8-16)25-21-22-12-19(26-27-21)18-6-5-13(7-20(18)29)14-10-23-24-11-14;;/h5-7,10-12,15-17,29H,2-4,8-9H2,1H3,(H,23,24)(H,22,25,27);2*1H. The van der Waals surface area contributed by atoms with Gasteiger partial charge in [-0.1, -0.05) is 12.5 Å². The lowest BCUT2D eigenvalue weighted by atomic mass is 9.82. The molecule has 5 rings (SSSR count). The molecule has 2 aromatic heterocycles. The minimum atomic E-state index is 0. The highest BCUT2D eigenvalue weighted by molar-refractivity contribution is 5.85. The molecule has 2 atom stereocenters. The first-order valence-electron chi connectivity index (χ1n) is 10.2. The van der Waals surface area contributed by atoms with Gasteiger partial charge in [0.15, 0.2) is 0 Å². The zero-order chi connectivity index (χ0) is 19.8. The van der Waals surface area contributed by atoms with Gasteiger partial charge in [-0.25, -0.2) is 4.98 Å². The van der Waals surface area contributed by atoms with Crippen LogP contribution in [0.2, 0.25) is 0 Å². The van der Waals surface area contributed by atoms with E-state index in [1.807, 2.05) is 12.1 Å². The fourth-order valence-electron chi connectivity index (χ4n) is 4.72. The molecule has 2 unspecified atom stereocenters. The quantitative estimate of drug-likeness (QED) is 0.538. The lowest BCUT2D eigenvalue weighted by molar-refractivity contribution is 0.0607. The van der Waals surface area contributed by atoms with Crippen molar-refractivity contribution < 1.29 is 5.11 Å². The SMILES string of the molecule is CN1C2CCCC1CC(Nc1ncc(-c3ccc(-c4cn[nH]c4)cc3O)nn1)C2.Cl.Cl. The minimum Gasteiger partial charge on any atom is -0.507 e. The van der Waals surface area contributed by atoms with Crippen LogP contribution < -0.4 is 5.32 Å². The Balaban J connectivity index is 0.00000136. The zero-order valence-electron chi connectivity index (χ0n) is 17.2. The molecular weight excluding hydrogens is 437 g/mol. The van der Waals surface area contributed by atoms with Crippen LogP contribution in [0.25, 0.3) is 22.4 Å². The summed E-state index contributed by atoms with van der Waals surface area (Å²) in [6, 6.07) is 7.14. The molecule has 2 aliphatic heterocycles. The molecule has 0 aliphatic carbocycles. The molecule has 8 nitrogen and oxygen atoms in total. The topological polar surface area (TPSA) is 103 Å². The summed E-state index contributed by atoms with van der Waals surface area (Å²) in [6.45, 7) is 0. The number of hydrogen-bond donors (Lipinski definition) is 3. The monoisotopic (exact) mass is 463 g/mol. The number of benzene rings is 1. The zero-order valence-corrected chi connectivity index (χ0v) is 18.9. The van der Waals surface area contributed by atoms with Crippen molar-refractivity contribution in [2.24, 2.45) is 0 Å². The molecule has 1 aromatic carbocycles. The van der Waals surface area contributed by atoms with Gasteiger partial charge in [0.25, 0.3) is 0 Å². The summed E-state index contributed by atoms with van der Waals surface area (Å²) in [5.74, 6) is 0.694. The maximum atomic E-state index is 10.4. The number of H-pyrrole nitrogens is 1. The first-order valence-corrected chi connectivity index (χ1v) is 10.2. The van der Waals surface area contributed by atoms with Gasteiger partial charge in [-0.15, -0.1) is 35.0 Å². The van der Waals surface area contributed by atoms with Gasteiger partial charge in [-0.3, -0.25) is 5.10 Å². The van der Waals surface area contributed by atoms with Crippen molar-refractivity contribution in [2.75, 3.05) is 12.4 Å². The number of nitrogens with one attached hydrogen (secondary N) is 2. The number of piperidine rings is 2. The van der Waals surface area contributed by atoms with E-state index in [4.69, 9.17) is 0 Å². The summed E-state index contributed by atoms with van der Waals surface area (Å²) in [5.41, 5.74) is 2.95. The fraction of sp³-hybridized carbons (Fsp3) is 0.429. The number of phenolic OH excluding ortho intramolecular Hbond substituents is 1. The highest BCUT2D eigenvalue weighted by atomic mass is 35.5. The summed E-state index contributed by atoms with van der Waals surface area (Å²) in [6.07, 6.45) is 11.3. The van der Waals surface area contributed by atoms with Crippen LogP contribution >= 0.6 is 24.8 Å². The summed E-state index contributed by atoms with van der Waals surface area (Å²) in [4.78, 5) is 6.99. The molecular formula is C21H27Cl2N7O. The molecule has 2 saturated heterocycles. The van der Waals surface area contributed by atoms with Crippen LogP contribution in [0.15, 0.2) is 36.8 Å². The van der Waals surface area contributed by atoms with E-state index in [0.717, 1.165) is 24.0 Å². The second kappa shape index (κ2) is 9.80. The van der Waals surface area contributed by atoms with Crippen LogP contribution in [0, 0.1) is 0 Å². The highest BCUT2D eigenvalue weighted by Crippen LogP contribution is 2.34. The van der Waals surface area contributed by atoms with E-state index in [9.17, 15) is 5.11 Å². The van der Waals surface area contributed by atoms with Crippen LogP contribution in [-0.4, -0.2) is 60.6 Å². The van der Waals surface area contributed by atoms with Crippen molar-refractivity contribution in [3.8, 4) is 28.1 Å². The second-order valence-electron chi connectivity index (χ2n) is 8.10. The molecule has 3 N–H and O–H groups in total. The van der Waals surface area contributed by atoms with Crippen LogP contribution in [0.4, 0.5) is 5.95 Å². The molecule has 0 radical (unpaired) electrons. The largest absolute Gasteiger partial charge is 0.507 e. The lowest BCUT2D eigenvalue weighted by Crippen LogP contribution is -2.52. The Morgan fingerprint density at radius 2 is 1.84 bits per heavy atom. The molecule has 10 heteroatoms. The van der Waals surface area contributed by atoms with Gasteiger partial charge in [-0.05, 0) is 50.4 Å². The Hall–Kier alpha value is -2.42. The predicted octanol–water partition coefficient (Wildman–Crippen LogP) is 3.91. The maximum absolute atomic E-state index is 10.4. The number of aromatic nitrogens is 5. The average molecular weight is 464 g/mol. The number of phenols is 1. The second-order valence-corrected chi connectivity index (χ2v) is 8.10. The predicted molar refractivity (Wildman–Crippen MR) is 125 cm³/mol. The smallest absolute Gasteiger partial charge is 0.242 e. The third-order valence-electron chi connectivity index (χ3n) is 6.34. The van der Waals surface area contributed by atoms with E-state index >= 15 is 0 Å². The van der Waals surface area contributed by atoms with E-state index in [2.05, 4.69) is 42.6 Å². The van der Waals surface area contributed by atoms with E-state index in [1.54, 1.807) is 24.7 Å². The van der Waals surface area contributed by atoms with Gasteiger partial charge in [0.1, 0.15) is 11.4 Å². The van der Waals surface area contributed by atoms with Crippen LogP contribution in [-0.2, 0) is 0 Å². The van der Waals surface area contributed by atoms with Crippen LogP contribution in [0.1, 0.15) is 32.1 Å². The Labute approximate surface area is 193 Å². The molecule has 2 bridgehead atoms. The first-order chi connectivity index (χ1) is 14.2. The average Bonchev–Trinajstić information content (AvgIpc) is 3.24. The number of rotatable bonds is 4. The van der Waals surface area contributed by atoms with Crippen LogP contribution in [0.3, 0.4) is 0 Å². The Kier molecular flexibility index (Phi) is 7.35. The van der Waals surface area contributed by atoms with Gasteiger partial charge in [0.05, 0.1) is 12.4 Å². The molecule has 2 fully saturated rings. The summed E-state index contributed by atoms with van der Waals surface area (Å²) in [7, 11) is 2.25. The molecule has 0 amide bonds. The molecule has 3 aromatic rings. The third-order valence-corrected chi connectivity index (χ3v) is 6.34. The van der Waals surface area contributed by atoms with Crippen molar-refractivity contribution in [3.63, 3.8) is 0 Å². The summed E-state index contributed by atoms with van der Waals surface area (Å²) < 4.78 is 0. The van der Waals surface area contributed by atoms with Gasteiger partial charge < -0.3 is 15.3 Å². The number of halogens is 2. The van der Waals surface area contributed by atoms with Crippen molar-refractivity contribution >= 4 is 30.8 Å². The van der Waals surface area contributed by atoms with Crippen molar-refractivity contribution in [3.05, 3.63) is 36.8 Å². The highest BCUT2D eigenvalue weighted by Gasteiger charge is 2.36. The first kappa shape index (κ1) is 23.2. The number of anilines is 1. The number of nitrogens with zero attached hydrogens (tertiary/aromatic N) is 5. The summed E-state index contributed by atoms with van der Waals surface area (Å²) >= 11 is 0. The Morgan fingerprint density at radius 3 is 2.45 bits per heavy atom. The van der Waals surface area contributed by atoms with Gasteiger partial charge in [-0.2, -0.15) is 5.10 Å². The molecule has 166 valence electrons. The molecule has 4 heterocycles. The van der Waals surface area contributed by atoms with E-state index in [-0.39, 0.29) is 30.6 Å². The Morgan fingerprint density at radius 1 is 1.06 bits per heavy atom. The number of aromatic amines is 1. The van der Waals surface area contributed by atoms with E-state index < -0.39 is 0 Å². The van der Waals surface area contributed by atoms with E-state index in [0.29, 0.717) is 35.3 Å².